The van der Waals surface area contributed by atoms with Crippen LogP contribution in [0.1, 0.15) is 36.5 Å². The van der Waals surface area contributed by atoms with Gasteiger partial charge in [0.05, 0.1) is 21.4 Å². The second kappa shape index (κ2) is 6.23. The van der Waals surface area contributed by atoms with Crippen molar-refractivity contribution in [2.75, 3.05) is 5.73 Å². The lowest BCUT2D eigenvalue weighted by Gasteiger charge is -2.09. The van der Waals surface area contributed by atoms with Crippen molar-refractivity contribution in [2.24, 2.45) is 0 Å². The topological polar surface area (TPSA) is 43.1 Å². The van der Waals surface area contributed by atoms with Gasteiger partial charge < -0.3 is 5.73 Å². The van der Waals surface area contributed by atoms with Crippen molar-refractivity contribution in [3.05, 3.63) is 59.2 Å². The Kier molecular flexibility index (Phi) is 4.61. The molecule has 3 heteroatoms. The van der Waals surface area contributed by atoms with Crippen LogP contribution in [0.15, 0.2) is 47.4 Å². The summed E-state index contributed by atoms with van der Waals surface area (Å²) in [6.07, 6.45) is 0. The Bertz CT molecular complexity index is 617. The van der Waals surface area contributed by atoms with Gasteiger partial charge in [0.25, 0.3) is 0 Å². The lowest BCUT2D eigenvalue weighted by atomic mass is 10.0. The Morgan fingerprint density at radius 2 is 1.75 bits per heavy atom. The molecule has 2 aromatic carbocycles. The van der Waals surface area contributed by atoms with Crippen molar-refractivity contribution in [3.63, 3.8) is 0 Å². The fraction of sp³-hybridized carbons (Fsp3) is 0.294. The maximum atomic E-state index is 12.4. The highest BCUT2D eigenvalue weighted by molar-refractivity contribution is 7.84. The summed E-state index contributed by atoms with van der Waals surface area (Å²) in [6, 6.07) is 14.0. The van der Waals surface area contributed by atoms with E-state index in [9.17, 15) is 4.21 Å². The molecule has 0 aromatic heterocycles. The van der Waals surface area contributed by atoms with E-state index in [4.69, 9.17) is 5.73 Å². The van der Waals surface area contributed by atoms with Crippen LogP contribution in [-0.4, -0.2) is 4.21 Å². The first-order valence-electron chi connectivity index (χ1n) is 6.80. The van der Waals surface area contributed by atoms with E-state index < -0.39 is 10.8 Å². The van der Waals surface area contributed by atoms with Gasteiger partial charge in [-0.15, -0.1) is 0 Å². The number of nitrogen functional groups attached to an aromatic ring is 1. The molecular formula is C17H21NOS. The van der Waals surface area contributed by atoms with Crippen molar-refractivity contribution in [1.29, 1.82) is 0 Å². The van der Waals surface area contributed by atoms with Crippen LogP contribution < -0.4 is 5.73 Å². The van der Waals surface area contributed by atoms with E-state index in [1.807, 2.05) is 25.1 Å². The Morgan fingerprint density at radius 3 is 2.35 bits per heavy atom. The Hall–Kier alpha value is -1.61. The highest BCUT2D eigenvalue weighted by atomic mass is 32.2. The maximum Gasteiger partial charge on any atom is 0.0623 e. The quantitative estimate of drug-likeness (QED) is 0.863. The molecule has 0 bridgehead atoms. The largest absolute Gasteiger partial charge is 0.398 e. The summed E-state index contributed by atoms with van der Waals surface area (Å²) in [5.74, 6) is 1.02. The van der Waals surface area contributed by atoms with Crippen LogP contribution in [0.5, 0.6) is 0 Å². The lowest BCUT2D eigenvalue weighted by molar-refractivity contribution is 0.683. The van der Waals surface area contributed by atoms with Crippen LogP contribution in [0.2, 0.25) is 0 Å². The van der Waals surface area contributed by atoms with Gasteiger partial charge in [-0.1, -0.05) is 44.2 Å². The molecule has 0 amide bonds. The van der Waals surface area contributed by atoms with Crippen molar-refractivity contribution in [1.82, 2.24) is 0 Å². The van der Waals surface area contributed by atoms with E-state index in [2.05, 4.69) is 38.1 Å². The molecule has 2 rings (SSSR count). The van der Waals surface area contributed by atoms with E-state index in [-0.39, 0.29) is 0 Å². The number of rotatable bonds is 4. The standard InChI is InChI=1S/C17H21NOS/c1-12(2)15-7-5-14(6-8-15)11-20(19)17-10-13(3)4-9-16(17)18/h4-10,12H,11,18H2,1-3H3. The van der Waals surface area contributed by atoms with Gasteiger partial charge in [-0.3, -0.25) is 4.21 Å². The Balaban J connectivity index is 2.17. The zero-order valence-electron chi connectivity index (χ0n) is 12.2. The van der Waals surface area contributed by atoms with E-state index >= 15 is 0 Å². The van der Waals surface area contributed by atoms with Gasteiger partial charge in [-0.25, -0.2) is 0 Å². The summed E-state index contributed by atoms with van der Waals surface area (Å²) in [5, 5.41) is 0. The molecule has 2 aromatic rings. The fourth-order valence-electron chi connectivity index (χ4n) is 2.07. The average Bonchev–Trinajstić information content (AvgIpc) is 2.42. The second-order valence-electron chi connectivity index (χ2n) is 5.43. The van der Waals surface area contributed by atoms with E-state index in [1.165, 1.54) is 5.56 Å². The second-order valence-corrected chi connectivity index (χ2v) is 6.85. The molecule has 0 aliphatic heterocycles. The molecule has 0 saturated carbocycles. The molecule has 0 fully saturated rings. The predicted molar refractivity (Wildman–Crippen MR) is 86.2 cm³/mol. The number of hydrogen-bond acceptors (Lipinski definition) is 2. The first kappa shape index (κ1) is 14.8. The molecule has 106 valence electrons. The van der Waals surface area contributed by atoms with Crippen molar-refractivity contribution >= 4 is 16.5 Å². The number of hydrogen-bond donors (Lipinski definition) is 1. The highest BCUT2D eigenvalue weighted by Gasteiger charge is 2.09. The van der Waals surface area contributed by atoms with Crippen molar-refractivity contribution in [2.45, 2.75) is 37.3 Å². The molecule has 0 aliphatic rings. The van der Waals surface area contributed by atoms with Gasteiger partial charge in [-0.05, 0) is 41.7 Å². The molecule has 0 radical (unpaired) electrons. The number of nitrogens with two attached hydrogens (primary N) is 1. The van der Waals surface area contributed by atoms with Gasteiger partial charge in [0, 0.05) is 5.69 Å². The molecular weight excluding hydrogens is 266 g/mol. The number of benzene rings is 2. The van der Waals surface area contributed by atoms with Gasteiger partial charge in [0.1, 0.15) is 0 Å². The van der Waals surface area contributed by atoms with Crippen LogP contribution in [0.25, 0.3) is 0 Å². The third-order valence-corrected chi connectivity index (χ3v) is 4.80. The van der Waals surface area contributed by atoms with Crippen molar-refractivity contribution in [3.8, 4) is 0 Å². The highest BCUT2D eigenvalue weighted by Crippen LogP contribution is 2.21. The zero-order chi connectivity index (χ0) is 14.7. The zero-order valence-corrected chi connectivity index (χ0v) is 13.0. The van der Waals surface area contributed by atoms with Gasteiger partial charge in [0.15, 0.2) is 0 Å². The van der Waals surface area contributed by atoms with E-state index in [1.54, 1.807) is 0 Å². The molecule has 1 atom stereocenters. The minimum absolute atomic E-state index is 0.506. The number of anilines is 1. The molecule has 20 heavy (non-hydrogen) atoms. The minimum atomic E-state index is -1.10. The minimum Gasteiger partial charge on any atom is -0.398 e. The van der Waals surface area contributed by atoms with Gasteiger partial charge in [-0.2, -0.15) is 0 Å². The van der Waals surface area contributed by atoms with Crippen LogP contribution in [0.4, 0.5) is 5.69 Å². The van der Waals surface area contributed by atoms with Crippen LogP contribution >= 0.6 is 0 Å². The summed E-state index contributed by atoms with van der Waals surface area (Å²) in [4.78, 5) is 0.734. The molecule has 0 saturated heterocycles. The van der Waals surface area contributed by atoms with Crippen LogP contribution in [-0.2, 0) is 16.6 Å². The normalized spacial score (nSPS) is 12.6. The summed E-state index contributed by atoms with van der Waals surface area (Å²) >= 11 is 0. The van der Waals surface area contributed by atoms with E-state index in [0.717, 1.165) is 16.0 Å². The fourth-order valence-corrected chi connectivity index (χ4v) is 3.37. The third kappa shape index (κ3) is 3.48. The first-order chi connectivity index (χ1) is 9.47. The summed E-state index contributed by atoms with van der Waals surface area (Å²) in [5.41, 5.74) is 9.98. The SMILES string of the molecule is Cc1ccc(N)c(S(=O)Cc2ccc(C(C)C)cc2)c1. The lowest BCUT2D eigenvalue weighted by Crippen LogP contribution is -2.01. The molecule has 2 N–H and O–H groups in total. The van der Waals surface area contributed by atoms with Gasteiger partial charge >= 0.3 is 0 Å². The molecule has 0 heterocycles. The number of aryl methyl sites for hydroxylation is 1. The van der Waals surface area contributed by atoms with Crippen molar-refractivity contribution < 1.29 is 4.21 Å². The predicted octanol–water partition coefficient (Wildman–Crippen LogP) is 4.01. The molecule has 0 aliphatic carbocycles. The van der Waals surface area contributed by atoms with Crippen LogP contribution in [0, 0.1) is 6.92 Å². The third-order valence-electron chi connectivity index (χ3n) is 3.36. The summed E-state index contributed by atoms with van der Waals surface area (Å²) in [6.45, 7) is 6.32. The molecule has 1 unspecified atom stereocenters. The average molecular weight is 287 g/mol. The maximum absolute atomic E-state index is 12.4. The molecule has 0 spiro atoms. The monoisotopic (exact) mass is 287 g/mol. The Labute approximate surface area is 123 Å². The summed E-state index contributed by atoms with van der Waals surface area (Å²) < 4.78 is 12.4. The molecule has 2 nitrogen and oxygen atoms in total. The van der Waals surface area contributed by atoms with E-state index in [0.29, 0.717) is 17.4 Å². The Morgan fingerprint density at radius 1 is 1.10 bits per heavy atom. The first-order valence-corrected chi connectivity index (χ1v) is 8.12. The summed E-state index contributed by atoms with van der Waals surface area (Å²) in [7, 11) is -1.10. The van der Waals surface area contributed by atoms with Gasteiger partial charge in [0.2, 0.25) is 0 Å². The van der Waals surface area contributed by atoms with Crippen LogP contribution in [0.3, 0.4) is 0 Å². The smallest absolute Gasteiger partial charge is 0.0623 e.